The van der Waals surface area contributed by atoms with Gasteiger partial charge in [0.2, 0.25) is 0 Å². The van der Waals surface area contributed by atoms with Crippen LogP contribution in [-0.4, -0.2) is 38.1 Å². The lowest BCUT2D eigenvalue weighted by molar-refractivity contribution is -0.145. The van der Waals surface area contributed by atoms with Crippen molar-refractivity contribution in [2.75, 3.05) is 6.61 Å². The van der Waals surface area contributed by atoms with E-state index in [1.165, 1.54) is 12.1 Å². The molecule has 1 aliphatic carbocycles. The zero-order chi connectivity index (χ0) is 19.5. The minimum absolute atomic E-state index is 0.0792. The van der Waals surface area contributed by atoms with Crippen LogP contribution in [0.15, 0.2) is 35.2 Å². The van der Waals surface area contributed by atoms with Gasteiger partial charge in [-0.1, -0.05) is 18.2 Å². The summed E-state index contributed by atoms with van der Waals surface area (Å²) in [6.07, 6.45) is -0.498. The Balaban J connectivity index is 2.26. The van der Waals surface area contributed by atoms with Gasteiger partial charge in [0.25, 0.3) is 0 Å². The van der Waals surface area contributed by atoms with Crippen molar-refractivity contribution in [1.82, 2.24) is 5.32 Å². The fraction of sp³-hybridized carbons (Fsp3) is 0.556. The summed E-state index contributed by atoms with van der Waals surface area (Å²) in [5.41, 5.74) is -0.769. The van der Waals surface area contributed by atoms with Gasteiger partial charge in [-0.05, 0) is 46.2 Å². The molecule has 0 aromatic heterocycles. The van der Waals surface area contributed by atoms with Crippen LogP contribution in [-0.2, 0) is 24.1 Å². The van der Waals surface area contributed by atoms with E-state index in [2.05, 4.69) is 5.32 Å². The summed E-state index contributed by atoms with van der Waals surface area (Å²) in [5, 5.41) is 1.19. The molecule has 7 nitrogen and oxygen atoms in total. The molecule has 1 saturated carbocycles. The fourth-order valence-electron chi connectivity index (χ4n) is 2.66. The van der Waals surface area contributed by atoms with E-state index in [9.17, 15) is 18.0 Å². The first-order chi connectivity index (χ1) is 12.1. The van der Waals surface area contributed by atoms with Crippen LogP contribution in [0.2, 0.25) is 0 Å². The molecule has 1 aromatic carbocycles. The molecule has 1 aromatic rings. The van der Waals surface area contributed by atoms with Gasteiger partial charge in [-0.15, -0.1) is 0 Å². The molecule has 144 valence electrons. The zero-order valence-corrected chi connectivity index (χ0v) is 16.2. The first kappa shape index (κ1) is 20.2. The maximum absolute atomic E-state index is 13.0. The van der Waals surface area contributed by atoms with Crippen molar-refractivity contribution in [3.05, 3.63) is 30.3 Å². The SMILES string of the molecule is CCOC(=O)[C@H]1C[C@@H]1C(NC(=O)OC(C)(C)C)S(=O)(=O)c1ccccc1. The number of alkyl carbamates (subject to hydrolysis) is 1. The third kappa shape index (κ3) is 4.97. The zero-order valence-electron chi connectivity index (χ0n) is 15.4. The van der Waals surface area contributed by atoms with Crippen LogP contribution in [0.25, 0.3) is 0 Å². The van der Waals surface area contributed by atoms with Crippen molar-refractivity contribution in [2.24, 2.45) is 11.8 Å². The van der Waals surface area contributed by atoms with E-state index in [4.69, 9.17) is 9.47 Å². The monoisotopic (exact) mass is 383 g/mol. The Hall–Kier alpha value is -2.09. The number of nitrogens with one attached hydrogen (secondary N) is 1. The number of benzene rings is 1. The van der Waals surface area contributed by atoms with Gasteiger partial charge in [0, 0.05) is 5.92 Å². The summed E-state index contributed by atoms with van der Waals surface area (Å²) >= 11 is 0. The van der Waals surface area contributed by atoms with E-state index in [-0.39, 0.29) is 11.5 Å². The summed E-state index contributed by atoms with van der Waals surface area (Å²) in [5.74, 6) is -1.54. The van der Waals surface area contributed by atoms with Crippen LogP contribution in [0, 0.1) is 11.8 Å². The van der Waals surface area contributed by atoms with Crippen LogP contribution in [0.3, 0.4) is 0 Å². The highest BCUT2D eigenvalue weighted by molar-refractivity contribution is 7.92. The molecular formula is C18H25NO6S. The number of sulfone groups is 1. The van der Waals surface area contributed by atoms with Crippen molar-refractivity contribution in [3.63, 3.8) is 0 Å². The van der Waals surface area contributed by atoms with Gasteiger partial charge < -0.3 is 14.8 Å². The predicted octanol–water partition coefficient (Wildman–Crippen LogP) is 2.51. The molecule has 8 heteroatoms. The summed E-state index contributed by atoms with van der Waals surface area (Å²) in [4.78, 5) is 24.2. The van der Waals surface area contributed by atoms with E-state index < -0.39 is 44.7 Å². The molecular weight excluding hydrogens is 358 g/mol. The number of esters is 1. The number of carbonyl (C=O) groups excluding carboxylic acids is 2. The summed E-state index contributed by atoms with van der Waals surface area (Å²) < 4.78 is 36.2. The Kier molecular flexibility index (Phi) is 5.95. The third-order valence-corrected chi connectivity index (χ3v) is 5.95. The number of ether oxygens (including phenoxy) is 2. The summed E-state index contributed by atoms with van der Waals surface area (Å²) in [6.45, 7) is 6.97. The normalized spacial score (nSPS) is 20.8. The number of rotatable bonds is 6. The minimum atomic E-state index is -3.89. The van der Waals surface area contributed by atoms with Crippen molar-refractivity contribution in [1.29, 1.82) is 0 Å². The smallest absolute Gasteiger partial charge is 0.408 e. The van der Waals surface area contributed by atoms with Gasteiger partial charge >= 0.3 is 12.1 Å². The van der Waals surface area contributed by atoms with E-state index in [1.54, 1.807) is 45.9 Å². The van der Waals surface area contributed by atoms with Crippen LogP contribution in [0.4, 0.5) is 4.79 Å². The molecule has 0 spiro atoms. The summed E-state index contributed by atoms with van der Waals surface area (Å²) in [7, 11) is -3.89. The second kappa shape index (κ2) is 7.65. The van der Waals surface area contributed by atoms with Crippen LogP contribution < -0.4 is 5.32 Å². The second-order valence-corrected chi connectivity index (χ2v) is 9.25. The molecule has 26 heavy (non-hydrogen) atoms. The number of carbonyl (C=O) groups is 2. The van der Waals surface area contributed by atoms with Crippen molar-refractivity contribution >= 4 is 21.9 Å². The lowest BCUT2D eigenvalue weighted by atomic mass is 10.2. The van der Waals surface area contributed by atoms with Gasteiger partial charge in [-0.3, -0.25) is 4.79 Å². The van der Waals surface area contributed by atoms with Crippen molar-refractivity contribution in [2.45, 2.75) is 50.0 Å². The average molecular weight is 383 g/mol. The Morgan fingerprint density at radius 3 is 2.38 bits per heavy atom. The summed E-state index contributed by atoms with van der Waals surface area (Å²) in [6, 6.07) is 7.83. The maximum Gasteiger partial charge on any atom is 0.408 e. The minimum Gasteiger partial charge on any atom is -0.466 e. The second-order valence-electron chi connectivity index (χ2n) is 7.18. The highest BCUT2D eigenvalue weighted by Crippen LogP contribution is 2.45. The lowest BCUT2D eigenvalue weighted by Crippen LogP contribution is -2.45. The maximum atomic E-state index is 13.0. The largest absolute Gasteiger partial charge is 0.466 e. The van der Waals surface area contributed by atoms with Gasteiger partial charge in [0.1, 0.15) is 11.0 Å². The first-order valence-electron chi connectivity index (χ1n) is 8.51. The van der Waals surface area contributed by atoms with Crippen molar-refractivity contribution < 1.29 is 27.5 Å². The quantitative estimate of drug-likeness (QED) is 0.758. The average Bonchev–Trinajstić information content (AvgIpc) is 3.32. The molecule has 0 saturated heterocycles. The topological polar surface area (TPSA) is 98.8 Å². The molecule has 1 amide bonds. The van der Waals surface area contributed by atoms with Gasteiger partial charge in [-0.2, -0.15) is 0 Å². The van der Waals surface area contributed by atoms with E-state index in [1.807, 2.05) is 0 Å². The first-order valence-corrected chi connectivity index (χ1v) is 10.1. The van der Waals surface area contributed by atoms with Crippen LogP contribution >= 0.6 is 0 Å². The number of hydrogen-bond acceptors (Lipinski definition) is 6. The third-order valence-electron chi connectivity index (χ3n) is 3.88. The molecule has 1 fully saturated rings. The highest BCUT2D eigenvalue weighted by atomic mass is 32.2. The molecule has 1 aliphatic rings. The molecule has 2 rings (SSSR count). The number of hydrogen-bond donors (Lipinski definition) is 1. The molecule has 0 radical (unpaired) electrons. The van der Waals surface area contributed by atoms with Gasteiger partial charge in [0.15, 0.2) is 9.84 Å². The van der Waals surface area contributed by atoms with E-state index >= 15 is 0 Å². The molecule has 3 atom stereocenters. The lowest BCUT2D eigenvalue weighted by Gasteiger charge is -2.24. The Morgan fingerprint density at radius 1 is 1.23 bits per heavy atom. The molecule has 0 heterocycles. The Labute approximate surface area is 154 Å². The predicted molar refractivity (Wildman–Crippen MR) is 95.0 cm³/mol. The molecule has 0 aliphatic heterocycles. The van der Waals surface area contributed by atoms with E-state index in [0.717, 1.165) is 0 Å². The van der Waals surface area contributed by atoms with E-state index in [0.29, 0.717) is 6.42 Å². The fourth-order valence-corrected chi connectivity index (χ4v) is 4.51. The number of amides is 1. The van der Waals surface area contributed by atoms with Gasteiger partial charge in [-0.25, -0.2) is 13.2 Å². The Morgan fingerprint density at radius 2 is 1.85 bits per heavy atom. The van der Waals surface area contributed by atoms with Crippen LogP contribution in [0.1, 0.15) is 34.1 Å². The van der Waals surface area contributed by atoms with Crippen LogP contribution in [0.5, 0.6) is 0 Å². The Bertz CT molecular complexity index is 754. The van der Waals surface area contributed by atoms with Crippen molar-refractivity contribution in [3.8, 4) is 0 Å². The highest BCUT2D eigenvalue weighted by Gasteiger charge is 2.54. The molecule has 1 N–H and O–H groups in total. The molecule has 0 bridgehead atoms. The molecule has 1 unspecified atom stereocenters. The van der Waals surface area contributed by atoms with Gasteiger partial charge in [0.05, 0.1) is 17.4 Å². The standard InChI is InChI=1S/C18H25NO6S/c1-5-24-16(20)14-11-13(14)15(19-17(21)25-18(2,3)4)26(22,23)12-9-7-6-8-10-12/h6-10,13-15H,5,11H2,1-4H3,(H,19,21)/t13-,14-,15?/m0/s1.